The van der Waals surface area contributed by atoms with Crippen molar-refractivity contribution >= 4 is 27.5 Å². The molecular formula is C15H19BrN2O3. The van der Waals surface area contributed by atoms with Gasteiger partial charge in [-0.05, 0) is 25.8 Å². The molecule has 0 atom stereocenters. The fourth-order valence-electron chi connectivity index (χ4n) is 2.99. The van der Waals surface area contributed by atoms with Crippen LogP contribution in [0.25, 0.3) is 0 Å². The van der Waals surface area contributed by atoms with Crippen LogP contribution >= 0.6 is 15.9 Å². The summed E-state index contributed by atoms with van der Waals surface area (Å²) in [7, 11) is 0. The van der Waals surface area contributed by atoms with Crippen molar-refractivity contribution in [3.8, 4) is 0 Å². The molecule has 1 fully saturated rings. The Kier molecular flexibility index (Phi) is 5.33. The van der Waals surface area contributed by atoms with Gasteiger partial charge >= 0.3 is 0 Å². The summed E-state index contributed by atoms with van der Waals surface area (Å²) in [6.45, 7) is 2.24. The maximum atomic E-state index is 12.8. The molecule has 2 rings (SSSR count). The topological polar surface area (TPSA) is 63.5 Å². The molecule has 6 heteroatoms. The molecule has 0 radical (unpaired) electrons. The van der Waals surface area contributed by atoms with E-state index in [1.165, 1.54) is 0 Å². The van der Waals surface area contributed by atoms with E-state index in [9.17, 15) is 14.9 Å². The highest BCUT2D eigenvalue weighted by Crippen LogP contribution is 2.29. The van der Waals surface area contributed by atoms with Crippen molar-refractivity contribution in [1.82, 2.24) is 4.90 Å². The minimum Gasteiger partial charge on any atom is -0.335 e. The number of amides is 1. The molecule has 0 saturated heterocycles. The predicted octanol–water partition coefficient (Wildman–Crippen LogP) is 3.68. The highest BCUT2D eigenvalue weighted by atomic mass is 79.9. The molecular weight excluding hydrogens is 336 g/mol. The zero-order chi connectivity index (χ0) is 15.4. The first-order valence-electron chi connectivity index (χ1n) is 7.17. The summed E-state index contributed by atoms with van der Waals surface area (Å²) in [6.07, 6.45) is 4.20. The number of hydrogen-bond acceptors (Lipinski definition) is 3. The second-order valence-electron chi connectivity index (χ2n) is 5.35. The molecule has 1 aliphatic rings. The maximum Gasteiger partial charge on any atom is 0.285 e. The average Bonchev–Trinajstić information content (AvgIpc) is 2.97. The number of carbonyl (C=O) groups is 1. The van der Waals surface area contributed by atoms with Crippen molar-refractivity contribution in [3.05, 3.63) is 39.4 Å². The summed E-state index contributed by atoms with van der Waals surface area (Å²) in [6, 6.07) is 5.13. The van der Waals surface area contributed by atoms with Crippen molar-refractivity contribution in [2.75, 3.05) is 11.9 Å². The van der Waals surface area contributed by atoms with Gasteiger partial charge in [0, 0.05) is 23.5 Å². The number of alkyl halides is 1. The Balaban J connectivity index is 2.36. The highest BCUT2D eigenvalue weighted by molar-refractivity contribution is 9.09. The average molecular weight is 355 g/mol. The molecule has 0 aliphatic heterocycles. The van der Waals surface area contributed by atoms with Crippen LogP contribution in [0.1, 0.15) is 41.6 Å². The predicted molar refractivity (Wildman–Crippen MR) is 84.9 cm³/mol. The molecule has 114 valence electrons. The van der Waals surface area contributed by atoms with Crippen molar-refractivity contribution in [3.63, 3.8) is 0 Å². The molecule has 0 spiro atoms. The van der Waals surface area contributed by atoms with Crippen LogP contribution < -0.4 is 0 Å². The summed E-state index contributed by atoms with van der Waals surface area (Å²) < 4.78 is 0. The van der Waals surface area contributed by atoms with Crippen molar-refractivity contribution in [1.29, 1.82) is 0 Å². The van der Waals surface area contributed by atoms with Crippen molar-refractivity contribution in [2.24, 2.45) is 0 Å². The van der Waals surface area contributed by atoms with E-state index >= 15 is 0 Å². The Bertz CT molecular complexity index is 542. The highest BCUT2D eigenvalue weighted by Gasteiger charge is 2.31. The molecule has 5 nitrogen and oxygen atoms in total. The smallest absolute Gasteiger partial charge is 0.285 e. The van der Waals surface area contributed by atoms with Crippen LogP contribution in [0.4, 0.5) is 5.69 Å². The van der Waals surface area contributed by atoms with Crippen LogP contribution in [0.15, 0.2) is 18.2 Å². The molecule has 0 heterocycles. The van der Waals surface area contributed by atoms with Gasteiger partial charge in [-0.1, -0.05) is 40.9 Å². The molecule has 1 aromatic carbocycles. The molecule has 0 N–H and O–H groups in total. The van der Waals surface area contributed by atoms with Gasteiger partial charge in [-0.2, -0.15) is 0 Å². The van der Waals surface area contributed by atoms with E-state index in [2.05, 4.69) is 15.9 Å². The third-order valence-corrected chi connectivity index (χ3v) is 4.36. The number of carbonyl (C=O) groups excluding carboxylic acids is 1. The number of nitro benzene ring substituents is 1. The molecule has 1 saturated carbocycles. The summed E-state index contributed by atoms with van der Waals surface area (Å²) in [5.74, 6) is -0.225. The van der Waals surface area contributed by atoms with Gasteiger partial charge in [0.15, 0.2) is 0 Å². The van der Waals surface area contributed by atoms with Crippen molar-refractivity contribution in [2.45, 2.75) is 38.6 Å². The molecule has 0 unspecified atom stereocenters. The Morgan fingerprint density at radius 3 is 2.67 bits per heavy atom. The lowest BCUT2D eigenvalue weighted by molar-refractivity contribution is -0.385. The molecule has 0 aromatic heterocycles. The first kappa shape index (κ1) is 15.9. The second kappa shape index (κ2) is 7.02. The Morgan fingerprint density at radius 2 is 2.10 bits per heavy atom. The van der Waals surface area contributed by atoms with Gasteiger partial charge in [0.25, 0.3) is 11.6 Å². The largest absolute Gasteiger partial charge is 0.335 e. The van der Waals surface area contributed by atoms with Gasteiger partial charge in [0.2, 0.25) is 0 Å². The van der Waals surface area contributed by atoms with Gasteiger partial charge in [-0.25, -0.2) is 0 Å². The molecule has 21 heavy (non-hydrogen) atoms. The normalized spacial score (nSPS) is 15.1. The third-order valence-electron chi connectivity index (χ3n) is 4.00. The Hall–Kier alpha value is -1.43. The fourth-order valence-corrected chi connectivity index (χ4v) is 3.37. The Labute approximate surface area is 132 Å². The van der Waals surface area contributed by atoms with E-state index < -0.39 is 4.92 Å². The summed E-state index contributed by atoms with van der Waals surface area (Å²) in [5.41, 5.74) is 0.656. The summed E-state index contributed by atoms with van der Waals surface area (Å²) >= 11 is 3.37. The van der Waals surface area contributed by atoms with Gasteiger partial charge in [0.05, 0.1) is 4.92 Å². The summed E-state index contributed by atoms with van der Waals surface area (Å²) in [5, 5.41) is 11.9. The Morgan fingerprint density at radius 1 is 1.43 bits per heavy atom. The van der Waals surface area contributed by atoms with Gasteiger partial charge < -0.3 is 4.90 Å². The van der Waals surface area contributed by atoms with Gasteiger partial charge in [-0.3, -0.25) is 14.9 Å². The molecule has 1 amide bonds. The van der Waals surface area contributed by atoms with E-state index in [0.717, 1.165) is 25.7 Å². The number of halogens is 1. The number of benzene rings is 1. The minimum atomic E-state index is -0.455. The quantitative estimate of drug-likeness (QED) is 0.460. The number of para-hydroxylation sites is 1. The molecule has 1 aromatic rings. The van der Waals surface area contributed by atoms with Crippen molar-refractivity contribution < 1.29 is 9.72 Å². The first-order chi connectivity index (χ1) is 10.1. The van der Waals surface area contributed by atoms with E-state index in [1.807, 2.05) is 0 Å². The zero-order valence-corrected chi connectivity index (χ0v) is 13.6. The third kappa shape index (κ3) is 3.43. The van der Waals surface area contributed by atoms with Gasteiger partial charge in [0.1, 0.15) is 5.56 Å². The maximum absolute atomic E-state index is 12.8. The lowest BCUT2D eigenvalue weighted by atomic mass is 10.1. The molecule has 1 aliphatic carbocycles. The minimum absolute atomic E-state index is 0.0694. The van der Waals surface area contributed by atoms with Crippen LogP contribution in [0.5, 0.6) is 0 Å². The number of hydrogen-bond donors (Lipinski definition) is 0. The number of nitro groups is 1. The number of aryl methyl sites for hydroxylation is 1. The van der Waals surface area contributed by atoms with E-state index in [4.69, 9.17) is 0 Å². The molecule has 0 bridgehead atoms. The number of rotatable bonds is 5. The standard InChI is InChI=1S/C15H19BrN2O3/c1-11-5-4-8-13(14(11)18(20)21)15(19)17(10-9-16)12-6-2-3-7-12/h4-5,8,12H,2-3,6-7,9-10H2,1H3. The van der Waals surface area contributed by atoms with Crippen LogP contribution in [0, 0.1) is 17.0 Å². The lowest BCUT2D eigenvalue weighted by Crippen LogP contribution is -2.40. The number of nitrogens with zero attached hydrogens (tertiary/aromatic N) is 2. The SMILES string of the molecule is Cc1cccc(C(=O)N(CCBr)C2CCCC2)c1[N+](=O)[O-]. The zero-order valence-electron chi connectivity index (χ0n) is 12.0. The lowest BCUT2D eigenvalue weighted by Gasteiger charge is -2.28. The second-order valence-corrected chi connectivity index (χ2v) is 6.15. The van der Waals surface area contributed by atoms with Crippen LogP contribution in [0.3, 0.4) is 0 Å². The summed E-state index contributed by atoms with van der Waals surface area (Å²) in [4.78, 5) is 25.4. The van der Waals surface area contributed by atoms with E-state index in [1.54, 1.807) is 30.0 Å². The van der Waals surface area contributed by atoms with Crippen LogP contribution in [0.2, 0.25) is 0 Å². The van der Waals surface area contributed by atoms with E-state index in [0.29, 0.717) is 17.4 Å². The first-order valence-corrected chi connectivity index (χ1v) is 8.29. The van der Waals surface area contributed by atoms with Crippen LogP contribution in [-0.2, 0) is 0 Å². The monoisotopic (exact) mass is 354 g/mol. The van der Waals surface area contributed by atoms with Gasteiger partial charge in [-0.15, -0.1) is 0 Å². The van der Waals surface area contributed by atoms with Crippen LogP contribution in [-0.4, -0.2) is 33.6 Å². The van der Waals surface area contributed by atoms with E-state index in [-0.39, 0.29) is 23.2 Å². The fraction of sp³-hybridized carbons (Fsp3) is 0.533.